The third kappa shape index (κ3) is 2.15. The van der Waals surface area contributed by atoms with Gasteiger partial charge in [0, 0.05) is 5.38 Å². The minimum Gasteiger partial charge on any atom is -0.287 e. The minimum absolute atomic E-state index is 0.215. The van der Waals surface area contributed by atoms with Gasteiger partial charge in [-0.25, -0.2) is 4.98 Å². The number of rotatable bonds is 2. The number of nitrogens with zero attached hydrogens (tertiary/aromatic N) is 1. The molecule has 0 aliphatic carbocycles. The SMILES string of the molecule is C=C(C(=O)c1cscn1)C(F)(F)F. The van der Waals surface area contributed by atoms with Gasteiger partial charge in [-0.2, -0.15) is 13.2 Å². The molecule has 0 amide bonds. The smallest absolute Gasteiger partial charge is 0.287 e. The minimum atomic E-state index is -4.68. The summed E-state index contributed by atoms with van der Waals surface area (Å²) in [5.41, 5.74) is -0.317. The van der Waals surface area contributed by atoms with Crippen molar-refractivity contribution in [2.75, 3.05) is 0 Å². The van der Waals surface area contributed by atoms with E-state index in [0.29, 0.717) is 0 Å². The maximum atomic E-state index is 11.9. The first-order valence-electron chi connectivity index (χ1n) is 3.12. The average molecular weight is 207 g/mol. The topological polar surface area (TPSA) is 30.0 Å². The highest BCUT2D eigenvalue weighted by atomic mass is 32.1. The van der Waals surface area contributed by atoms with Crippen LogP contribution >= 0.6 is 11.3 Å². The molecule has 0 aromatic carbocycles. The summed E-state index contributed by atoms with van der Waals surface area (Å²) >= 11 is 1.06. The number of carbonyl (C=O) groups is 1. The lowest BCUT2D eigenvalue weighted by Crippen LogP contribution is -2.19. The van der Waals surface area contributed by atoms with E-state index in [1.54, 1.807) is 0 Å². The third-order valence-electron chi connectivity index (χ3n) is 1.28. The largest absolute Gasteiger partial charge is 0.419 e. The Morgan fingerprint density at radius 1 is 1.54 bits per heavy atom. The first-order valence-corrected chi connectivity index (χ1v) is 4.06. The number of Topliss-reactive ketones (excluding diaryl/α,β-unsaturated/α-hetero) is 1. The lowest BCUT2D eigenvalue weighted by Gasteiger charge is -2.06. The highest BCUT2D eigenvalue weighted by molar-refractivity contribution is 7.07. The second-order valence-corrected chi connectivity index (χ2v) is 2.90. The Hall–Kier alpha value is -1.17. The second-order valence-electron chi connectivity index (χ2n) is 2.18. The molecular formula is C7H4F3NOS. The van der Waals surface area contributed by atoms with Crippen LogP contribution in [0.15, 0.2) is 23.0 Å². The standard InChI is InChI=1S/C7H4F3NOS/c1-4(7(8,9)10)6(12)5-2-13-3-11-5/h2-3H,1H2. The summed E-state index contributed by atoms with van der Waals surface area (Å²) in [6, 6.07) is 0. The van der Waals surface area contributed by atoms with Gasteiger partial charge in [0.05, 0.1) is 11.1 Å². The molecule has 0 aliphatic rings. The van der Waals surface area contributed by atoms with Crippen molar-refractivity contribution in [3.8, 4) is 0 Å². The zero-order chi connectivity index (χ0) is 10.1. The zero-order valence-electron chi connectivity index (χ0n) is 6.26. The van der Waals surface area contributed by atoms with Gasteiger partial charge in [-0.1, -0.05) is 6.58 Å². The van der Waals surface area contributed by atoms with Gasteiger partial charge in [-0.15, -0.1) is 11.3 Å². The van der Waals surface area contributed by atoms with Crippen LogP contribution in [0.5, 0.6) is 0 Å². The number of aromatic nitrogens is 1. The van der Waals surface area contributed by atoms with E-state index in [4.69, 9.17) is 0 Å². The van der Waals surface area contributed by atoms with Gasteiger partial charge in [0.25, 0.3) is 0 Å². The van der Waals surface area contributed by atoms with Crippen LogP contribution in [0.4, 0.5) is 13.2 Å². The summed E-state index contributed by atoms with van der Waals surface area (Å²) in [6.07, 6.45) is -4.68. The molecule has 0 aliphatic heterocycles. The van der Waals surface area contributed by atoms with Crippen molar-refractivity contribution in [3.63, 3.8) is 0 Å². The molecule has 0 saturated carbocycles. The van der Waals surface area contributed by atoms with Crippen LogP contribution in [-0.2, 0) is 0 Å². The molecule has 1 aromatic heterocycles. The van der Waals surface area contributed by atoms with E-state index in [2.05, 4.69) is 11.6 Å². The zero-order valence-corrected chi connectivity index (χ0v) is 7.08. The van der Waals surface area contributed by atoms with Crippen molar-refractivity contribution in [2.24, 2.45) is 0 Å². The fraction of sp³-hybridized carbons (Fsp3) is 0.143. The number of allylic oxidation sites excluding steroid dienone is 1. The number of thiazole rings is 1. The Morgan fingerprint density at radius 3 is 2.54 bits per heavy atom. The van der Waals surface area contributed by atoms with Crippen LogP contribution < -0.4 is 0 Å². The van der Waals surface area contributed by atoms with E-state index in [-0.39, 0.29) is 5.69 Å². The van der Waals surface area contributed by atoms with E-state index in [1.165, 1.54) is 10.9 Å². The summed E-state index contributed by atoms with van der Waals surface area (Å²) in [5, 5.41) is 1.25. The number of ketones is 1. The van der Waals surface area contributed by atoms with Crippen molar-refractivity contribution >= 4 is 17.1 Å². The lowest BCUT2D eigenvalue weighted by molar-refractivity contribution is -0.0884. The molecule has 6 heteroatoms. The molecule has 13 heavy (non-hydrogen) atoms. The Bertz CT molecular complexity index is 328. The van der Waals surface area contributed by atoms with Crippen LogP contribution in [0.2, 0.25) is 0 Å². The number of carbonyl (C=O) groups excluding carboxylic acids is 1. The van der Waals surface area contributed by atoms with Gasteiger partial charge >= 0.3 is 6.18 Å². The second kappa shape index (κ2) is 3.29. The fourth-order valence-corrected chi connectivity index (χ4v) is 1.14. The third-order valence-corrected chi connectivity index (χ3v) is 1.87. The molecule has 0 spiro atoms. The van der Waals surface area contributed by atoms with E-state index in [1.807, 2.05) is 0 Å². The summed E-state index contributed by atoms with van der Waals surface area (Å²) in [4.78, 5) is 14.4. The van der Waals surface area contributed by atoms with Crippen molar-refractivity contribution in [3.05, 3.63) is 28.7 Å². The lowest BCUT2D eigenvalue weighted by atomic mass is 10.1. The van der Waals surface area contributed by atoms with E-state index in [9.17, 15) is 18.0 Å². The molecule has 1 rings (SSSR count). The first-order chi connectivity index (χ1) is 5.93. The van der Waals surface area contributed by atoms with Crippen LogP contribution in [0, 0.1) is 0 Å². The quantitative estimate of drug-likeness (QED) is 0.550. The van der Waals surface area contributed by atoms with Gasteiger partial charge in [-0.05, 0) is 0 Å². The van der Waals surface area contributed by atoms with Crippen LogP contribution in [0.3, 0.4) is 0 Å². The molecule has 0 bridgehead atoms. The predicted octanol–water partition coefficient (Wildman–Crippen LogP) is 2.44. The van der Waals surface area contributed by atoms with Crippen molar-refractivity contribution in [2.45, 2.75) is 6.18 Å². The Morgan fingerprint density at radius 2 is 2.15 bits per heavy atom. The summed E-state index contributed by atoms with van der Waals surface area (Å²) < 4.78 is 35.8. The normalized spacial score (nSPS) is 11.3. The molecule has 0 N–H and O–H groups in total. The molecule has 1 heterocycles. The average Bonchev–Trinajstić information content (AvgIpc) is 2.51. The number of halogens is 3. The van der Waals surface area contributed by atoms with Gasteiger partial charge in [0.2, 0.25) is 5.78 Å². The predicted molar refractivity (Wildman–Crippen MR) is 41.6 cm³/mol. The summed E-state index contributed by atoms with van der Waals surface area (Å²) in [5.74, 6) is -1.17. The van der Waals surface area contributed by atoms with Gasteiger partial charge in [-0.3, -0.25) is 4.79 Å². The van der Waals surface area contributed by atoms with E-state index >= 15 is 0 Å². The van der Waals surface area contributed by atoms with Crippen molar-refractivity contribution in [1.29, 1.82) is 0 Å². The number of hydrogen-bond donors (Lipinski definition) is 0. The molecule has 0 atom stereocenters. The molecule has 0 fully saturated rings. The Labute approximate surface area is 75.7 Å². The van der Waals surface area contributed by atoms with Crippen LogP contribution in [0.1, 0.15) is 10.5 Å². The van der Waals surface area contributed by atoms with Gasteiger partial charge in [0.15, 0.2) is 0 Å². The fourth-order valence-electron chi connectivity index (χ4n) is 0.608. The molecule has 0 radical (unpaired) electrons. The summed E-state index contributed by atoms with van der Waals surface area (Å²) in [6.45, 7) is 2.67. The highest BCUT2D eigenvalue weighted by Gasteiger charge is 2.37. The molecule has 2 nitrogen and oxygen atoms in total. The molecule has 0 saturated heterocycles. The highest BCUT2D eigenvalue weighted by Crippen LogP contribution is 2.26. The van der Waals surface area contributed by atoms with Crippen LogP contribution in [0.25, 0.3) is 0 Å². The van der Waals surface area contributed by atoms with E-state index in [0.717, 1.165) is 11.3 Å². The Kier molecular flexibility index (Phi) is 2.51. The van der Waals surface area contributed by atoms with Crippen molar-refractivity contribution < 1.29 is 18.0 Å². The van der Waals surface area contributed by atoms with E-state index < -0.39 is 17.5 Å². The van der Waals surface area contributed by atoms with Gasteiger partial charge < -0.3 is 0 Å². The van der Waals surface area contributed by atoms with Gasteiger partial charge in [0.1, 0.15) is 5.69 Å². The summed E-state index contributed by atoms with van der Waals surface area (Å²) in [7, 11) is 0. The first kappa shape index (κ1) is 9.91. The molecule has 70 valence electrons. The van der Waals surface area contributed by atoms with Crippen LogP contribution in [-0.4, -0.2) is 16.9 Å². The molecule has 1 aromatic rings. The number of alkyl halides is 3. The Balaban J connectivity index is 2.88. The van der Waals surface area contributed by atoms with Crippen molar-refractivity contribution in [1.82, 2.24) is 4.98 Å². The molecule has 0 unspecified atom stereocenters. The molecular weight excluding hydrogens is 203 g/mol. The maximum Gasteiger partial charge on any atom is 0.419 e. The maximum absolute atomic E-state index is 11.9. The number of hydrogen-bond acceptors (Lipinski definition) is 3. The monoisotopic (exact) mass is 207 g/mol.